The number of aromatic nitrogens is 2. The monoisotopic (exact) mass is 351 g/mol. The zero-order valence-electron chi connectivity index (χ0n) is 14.6. The molecule has 1 aliphatic heterocycles. The third kappa shape index (κ3) is 2.87. The zero-order chi connectivity index (χ0) is 18.3. The Balaban J connectivity index is 1.60. The smallest absolute Gasteiger partial charge is 0.258 e. The molecule has 2 aromatic carbocycles. The zero-order valence-corrected chi connectivity index (χ0v) is 14.6. The average molecular weight is 351 g/mol. The minimum Gasteiger partial charge on any atom is -0.334 e. The molecule has 0 aliphatic carbocycles. The second-order valence-electron chi connectivity index (χ2n) is 6.61. The van der Waals surface area contributed by atoms with E-state index in [0.29, 0.717) is 24.4 Å². The van der Waals surface area contributed by atoms with Crippen molar-refractivity contribution in [1.29, 1.82) is 0 Å². The lowest BCUT2D eigenvalue weighted by molar-refractivity contribution is -0.117. The predicted molar refractivity (Wildman–Crippen MR) is 95.3 cm³/mol. The van der Waals surface area contributed by atoms with Crippen LogP contribution >= 0.6 is 0 Å². The molecule has 0 saturated carbocycles. The number of hydrogen-bond donors (Lipinski definition) is 0. The Morgan fingerprint density at radius 1 is 1.15 bits per heavy atom. The Morgan fingerprint density at radius 2 is 1.88 bits per heavy atom. The van der Waals surface area contributed by atoms with Gasteiger partial charge in [-0.05, 0) is 43.2 Å². The van der Waals surface area contributed by atoms with Gasteiger partial charge in [-0.1, -0.05) is 29.4 Å². The number of benzene rings is 2. The molecule has 1 amide bonds. The molecule has 3 aromatic rings. The first-order valence-corrected chi connectivity index (χ1v) is 8.49. The summed E-state index contributed by atoms with van der Waals surface area (Å²) >= 11 is 0. The summed E-state index contributed by atoms with van der Waals surface area (Å²) in [6, 6.07) is 12.0. The van der Waals surface area contributed by atoms with Crippen molar-refractivity contribution in [1.82, 2.24) is 10.1 Å². The van der Waals surface area contributed by atoms with Crippen molar-refractivity contribution in [2.75, 3.05) is 11.4 Å². The van der Waals surface area contributed by atoms with Crippen LogP contribution in [0.15, 0.2) is 47.0 Å². The van der Waals surface area contributed by atoms with Gasteiger partial charge in [0, 0.05) is 30.1 Å². The molecule has 1 fully saturated rings. The van der Waals surface area contributed by atoms with Crippen molar-refractivity contribution in [3.8, 4) is 11.5 Å². The largest absolute Gasteiger partial charge is 0.334 e. The highest BCUT2D eigenvalue weighted by atomic mass is 19.1. The van der Waals surface area contributed by atoms with Crippen LogP contribution in [0.2, 0.25) is 0 Å². The quantitative estimate of drug-likeness (QED) is 0.715. The van der Waals surface area contributed by atoms with Crippen molar-refractivity contribution in [2.45, 2.75) is 26.2 Å². The van der Waals surface area contributed by atoms with Gasteiger partial charge >= 0.3 is 0 Å². The van der Waals surface area contributed by atoms with Crippen LogP contribution < -0.4 is 4.90 Å². The molecule has 0 bridgehead atoms. The maximum atomic E-state index is 13.4. The lowest BCUT2D eigenvalue weighted by Gasteiger charge is -2.21. The maximum Gasteiger partial charge on any atom is 0.258 e. The van der Waals surface area contributed by atoms with E-state index in [1.165, 1.54) is 12.1 Å². The number of hydrogen-bond acceptors (Lipinski definition) is 4. The molecule has 5 nitrogen and oxygen atoms in total. The van der Waals surface area contributed by atoms with Gasteiger partial charge in [0.1, 0.15) is 5.82 Å². The van der Waals surface area contributed by atoms with Crippen LogP contribution in [0.1, 0.15) is 29.3 Å². The molecule has 1 atom stereocenters. The summed E-state index contributed by atoms with van der Waals surface area (Å²) in [5.41, 5.74) is 3.61. The number of aryl methyl sites for hydroxylation is 2. The highest BCUT2D eigenvalue weighted by Crippen LogP contribution is 2.34. The Kier molecular flexibility index (Phi) is 4.03. The van der Waals surface area contributed by atoms with Gasteiger partial charge in [0.15, 0.2) is 5.82 Å². The summed E-state index contributed by atoms with van der Waals surface area (Å²) in [6.45, 7) is 4.51. The summed E-state index contributed by atoms with van der Waals surface area (Å²) in [5, 5.41) is 4.02. The second kappa shape index (κ2) is 6.37. The lowest BCUT2D eigenvalue weighted by atomic mass is 10.1. The van der Waals surface area contributed by atoms with Gasteiger partial charge in [0.25, 0.3) is 5.89 Å². The van der Waals surface area contributed by atoms with E-state index in [9.17, 15) is 9.18 Å². The first-order chi connectivity index (χ1) is 12.5. The van der Waals surface area contributed by atoms with Crippen LogP contribution in [0.5, 0.6) is 0 Å². The summed E-state index contributed by atoms with van der Waals surface area (Å²) in [4.78, 5) is 18.8. The van der Waals surface area contributed by atoms with Crippen molar-refractivity contribution >= 4 is 11.6 Å². The highest BCUT2D eigenvalue weighted by Gasteiger charge is 2.35. The first kappa shape index (κ1) is 16.4. The van der Waals surface area contributed by atoms with E-state index in [1.54, 1.807) is 17.0 Å². The van der Waals surface area contributed by atoms with Gasteiger partial charge in [-0.2, -0.15) is 4.98 Å². The van der Waals surface area contributed by atoms with Crippen LogP contribution in [-0.4, -0.2) is 22.6 Å². The molecule has 132 valence electrons. The summed E-state index contributed by atoms with van der Waals surface area (Å²) < 4.78 is 18.7. The Hall–Kier alpha value is -3.02. The normalized spacial score (nSPS) is 17.1. The summed E-state index contributed by atoms with van der Waals surface area (Å²) in [7, 11) is 0. The SMILES string of the molecule is Cc1cccc(C)c1N1CC(c2noc(-c3cccc(F)c3)n2)CC1=O. The number of carbonyl (C=O) groups is 1. The maximum absolute atomic E-state index is 13.4. The van der Waals surface area contributed by atoms with E-state index in [1.807, 2.05) is 32.0 Å². The number of nitrogens with zero attached hydrogens (tertiary/aromatic N) is 3. The molecule has 1 aromatic heterocycles. The lowest BCUT2D eigenvalue weighted by Crippen LogP contribution is -2.26. The Bertz CT molecular complexity index is 962. The Morgan fingerprint density at radius 3 is 2.62 bits per heavy atom. The molecule has 4 rings (SSSR count). The van der Waals surface area contributed by atoms with E-state index in [2.05, 4.69) is 10.1 Å². The Labute approximate surface area is 150 Å². The average Bonchev–Trinajstić information content (AvgIpc) is 3.22. The number of halogens is 1. The molecule has 1 saturated heterocycles. The van der Waals surface area contributed by atoms with Crippen LogP contribution in [0.25, 0.3) is 11.5 Å². The third-order valence-electron chi connectivity index (χ3n) is 4.71. The van der Waals surface area contributed by atoms with Crippen molar-refractivity contribution in [3.63, 3.8) is 0 Å². The topological polar surface area (TPSA) is 59.2 Å². The second-order valence-corrected chi connectivity index (χ2v) is 6.61. The van der Waals surface area contributed by atoms with Crippen LogP contribution in [0, 0.1) is 19.7 Å². The van der Waals surface area contributed by atoms with Gasteiger partial charge in [-0.15, -0.1) is 0 Å². The molecule has 0 radical (unpaired) electrons. The molecule has 26 heavy (non-hydrogen) atoms. The fraction of sp³-hybridized carbons (Fsp3) is 0.250. The molecular weight excluding hydrogens is 333 g/mol. The van der Waals surface area contributed by atoms with E-state index < -0.39 is 0 Å². The molecule has 1 unspecified atom stereocenters. The number of para-hydroxylation sites is 1. The molecular formula is C20H18FN3O2. The molecule has 0 N–H and O–H groups in total. The van der Waals surface area contributed by atoms with Crippen LogP contribution in [-0.2, 0) is 4.79 Å². The summed E-state index contributed by atoms with van der Waals surface area (Å²) in [6.07, 6.45) is 0.329. The van der Waals surface area contributed by atoms with Gasteiger partial charge in [-0.25, -0.2) is 4.39 Å². The standard InChI is InChI=1S/C20H18FN3O2/c1-12-5-3-6-13(2)18(12)24-11-15(10-17(24)25)19-22-20(26-23-19)14-7-4-8-16(21)9-14/h3-9,15H,10-11H2,1-2H3. The van der Waals surface area contributed by atoms with E-state index in [-0.39, 0.29) is 23.5 Å². The van der Waals surface area contributed by atoms with Crippen molar-refractivity contribution in [2.24, 2.45) is 0 Å². The van der Waals surface area contributed by atoms with Crippen molar-refractivity contribution < 1.29 is 13.7 Å². The predicted octanol–water partition coefficient (Wildman–Crippen LogP) is 4.01. The fourth-order valence-corrected chi connectivity index (χ4v) is 3.47. The minimum absolute atomic E-state index is 0.0458. The van der Waals surface area contributed by atoms with Crippen molar-refractivity contribution in [3.05, 3.63) is 65.2 Å². The minimum atomic E-state index is -0.362. The fourth-order valence-electron chi connectivity index (χ4n) is 3.47. The highest BCUT2D eigenvalue weighted by molar-refractivity contribution is 5.97. The molecule has 0 spiro atoms. The van der Waals surface area contributed by atoms with Gasteiger partial charge in [-0.3, -0.25) is 4.79 Å². The first-order valence-electron chi connectivity index (χ1n) is 8.49. The van der Waals surface area contributed by atoms with E-state index in [4.69, 9.17) is 4.52 Å². The molecule has 2 heterocycles. The van der Waals surface area contributed by atoms with Crippen LogP contribution in [0.4, 0.5) is 10.1 Å². The third-order valence-corrected chi connectivity index (χ3v) is 4.71. The number of rotatable bonds is 3. The van der Waals surface area contributed by atoms with E-state index in [0.717, 1.165) is 16.8 Å². The van der Waals surface area contributed by atoms with Gasteiger partial charge < -0.3 is 9.42 Å². The molecule has 1 aliphatic rings. The number of anilines is 1. The van der Waals surface area contributed by atoms with Gasteiger partial charge in [0.05, 0.1) is 0 Å². The van der Waals surface area contributed by atoms with Crippen LogP contribution in [0.3, 0.4) is 0 Å². The number of amides is 1. The molecule has 6 heteroatoms. The summed E-state index contributed by atoms with van der Waals surface area (Å²) in [5.74, 6) is 0.278. The number of carbonyl (C=O) groups excluding carboxylic acids is 1. The van der Waals surface area contributed by atoms with E-state index >= 15 is 0 Å². The van der Waals surface area contributed by atoms with Gasteiger partial charge in [0.2, 0.25) is 5.91 Å².